The molecular weight excluding hydrogens is 276 g/mol. The zero-order valence-corrected chi connectivity index (χ0v) is 12.3. The summed E-state index contributed by atoms with van der Waals surface area (Å²) < 4.78 is 5.36. The van der Waals surface area contributed by atoms with Gasteiger partial charge in [-0.2, -0.15) is 0 Å². The molecule has 0 aromatic heterocycles. The summed E-state index contributed by atoms with van der Waals surface area (Å²) in [5.74, 6) is -1.15. The molecule has 0 bridgehead atoms. The maximum atomic E-state index is 11.2. The van der Waals surface area contributed by atoms with Gasteiger partial charge in [0.15, 0.2) is 0 Å². The first-order valence-corrected chi connectivity index (χ1v) is 6.73. The number of nitrogens with one attached hydrogen (secondary N) is 1. The van der Waals surface area contributed by atoms with E-state index in [9.17, 15) is 14.9 Å². The maximum Gasteiger partial charge on any atom is 0.342 e. The Morgan fingerprint density at radius 2 is 2.14 bits per heavy atom. The van der Waals surface area contributed by atoms with Gasteiger partial charge in [0.05, 0.1) is 17.6 Å². The number of carboxylic acid groups (broad SMARTS) is 1. The molecule has 0 aliphatic rings. The second kappa shape index (κ2) is 7.58. The molecule has 0 fully saturated rings. The number of rotatable bonds is 8. The van der Waals surface area contributed by atoms with Crippen LogP contribution in [0.5, 0.6) is 0 Å². The van der Waals surface area contributed by atoms with E-state index < -0.39 is 16.6 Å². The number of anilines is 1. The molecule has 2 N–H and O–H groups in total. The van der Waals surface area contributed by atoms with Crippen molar-refractivity contribution in [1.29, 1.82) is 0 Å². The molecular formula is C14H20N2O5. The lowest BCUT2D eigenvalue weighted by Crippen LogP contribution is -2.31. The number of para-hydroxylation sites is 1. The molecule has 1 unspecified atom stereocenters. The first kappa shape index (κ1) is 16.9. The van der Waals surface area contributed by atoms with Crippen LogP contribution in [0.3, 0.4) is 0 Å². The Kier molecular flexibility index (Phi) is 6.10. The number of carboxylic acids is 1. The van der Waals surface area contributed by atoms with Crippen molar-refractivity contribution in [3.8, 4) is 0 Å². The van der Waals surface area contributed by atoms with Crippen molar-refractivity contribution < 1.29 is 19.6 Å². The zero-order valence-electron chi connectivity index (χ0n) is 12.3. The highest BCUT2D eigenvalue weighted by molar-refractivity contribution is 5.95. The lowest BCUT2D eigenvalue weighted by atomic mass is 10.0. The van der Waals surface area contributed by atoms with Crippen molar-refractivity contribution >= 4 is 17.3 Å². The Bertz CT molecular complexity index is 516. The van der Waals surface area contributed by atoms with Gasteiger partial charge in [0.25, 0.3) is 0 Å². The molecule has 7 nitrogen and oxygen atoms in total. The number of aromatic carboxylic acids is 1. The number of hydrogen-bond donors (Lipinski definition) is 2. The molecule has 0 aliphatic heterocycles. The minimum Gasteiger partial charge on any atom is -0.477 e. The van der Waals surface area contributed by atoms with E-state index in [1.54, 1.807) is 0 Å². The number of benzene rings is 1. The van der Waals surface area contributed by atoms with Crippen molar-refractivity contribution in [3.63, 3.8) is 0 Å². The van der Waals surface area contributed by atoms with Gasteiger partial charge < -0.3 is 15.2 Å². The average molecular weight is 296 g/mol. The molecule has 116 valence electrons. The molecule has 0 amide bonds. The third kappa shape index (κ3) is 4.42. The van der Waals surface area contributed by atoms with E-state index in [1.807, 2.05) is 20.8 Å². The normalized spacial score (nSPS) is 12.2. The summed E-state index contributed by atoms with van der Waals surface area (Å²) in [4.78, 5) is 21.6. The molecule has 1 aromatic carbocycles. The molecule has 0 saturated heterocycles. The fourth-order valence-electron chi connectivity index (χ4n) is 1.87. The molecule has 1 aromatic rings. The van der Waals surface area contributed by atoms with E-state index >= 15 is 0 Å². The molecule has 0 saturated carbocycles. The highest BCUT2D eigenvalue weighted by atomic mass is 16.6. The van der Waals surface area contributed by atoms with Crippen LogP contribution < -0.4 is 5.32 Å². The van der Waals surface area contributed by atoms with Crippen LogP contribution in [-0.4, -0.2) is 35.3 Å². The summed E-state index contributed by atoms with van der Waals surface area (Å²) in [6.45, 7) is 6.72. The smallest absolute Gasteiger partial charge is 0.342 e. The fourth-order valence-corrected chi connectivity index (χ4v) is 1.87. The van der Waals surface area contributed by atoms with Crippen molar-refractivity contribution in [1.82, 2.24) is 0 Å². The van der Waals surface area contributed by atoms with Crippen molar-refractivity contribution in [2.24, 2.45) is 5.92 Å². The SMILES string of the molecule is CCOCC(Nc1cccc(C(=O)O)c1[N+](=O)[O-])C(C)C. The second-order valence-electron chi connectivity index (χ2n) is 4.92. The summed E-state index contributed by atoms with van der Waals surface area (Å²) in [5.41, 5.74) is -0.561. The molecule has 7 heteroatoms. The highest BCUT2D eigenvalue weighted by Crippen LogP contribution is 2.30. The Hall–Kier alpha value is -2.15. The van der Waals surface area contributed by atoms with Gasteiger partial charge in [-0.1, -0.05) is 19.9 Å². The maximum absolute atomic E-state index is 11.2. The van der Waals surface area contributed by atoms with Gasteiger partial charge in [0, 0.05) is 6.61 Å². The number of nitrogens with zero attached hydrogens (tertiary/aromatic N) is 1. The molecule has 21 heavy (non-hydrogen) atoms. The Morgan fingerprint density at radius 3 is 2.62 bits per heavy atom. The minimum absolute atomic E-state index is 0.146. The number of carbonyl (C=O) groups is 1. The molecule has 0 radical (unpaired) electrons. The van der Waals surface area contributed by atoms with Crippen LogP contribution in [0.15, 0.2) is 18.2 Å². The minimum atomic E-state index is -1.32. The van der Waals surface area contributed by atoms with Crippen molar-refractivity contribution in [2.75, 3.05) is 18.5 Å². The molecule has 0 heterocycles. The third-order valence-electron chi connectivity index (χ3n) is 3.10. The summed E-state index contributed by atoms with van der Waals surface area (Å²) in [6.07, 6.45) is 0. The van der Waals surface area contributed by atoms with E-state index in [4.69, 9.17) is 9.84 Å². The lowest BCUT2D eigenvalue weighted by molar-refractivity contribution is -0.384. The number of nitro groups is 1. The zero-order chi connectivity index (χ0) is 16.0. The van der Waals surface area contributed by atoms with Crippen molar-refractivity contribution in [3.05, 3.63) is 33.9 Å². The number of nitro benzene ring substituents is 1. The Balaban J connectivity index is 3.14. The van der Waals surface area contributed by atoms with Gasteiger partial charge >= 0.3 is 11.7 Å². The first-order valence-electron chi connectivity index (χ1n) is 6.73. The van der Waals surface area contributed by atoms with Crippen molar-refractivity contribution in [2.45, 2.75) is 26.8 Å². The predicted molar refractivity (Wildman–Crippen MR) is 78.8 cm³/mol. The second-order valence-corrected chi connectivity index (χ2v) is 4.92. The van der Waals surface area contributed by atoms with Crippen LogP contribution in [0.4, 0.5) is 11.4 Å². The summed E-state index contributed by atoms with van der Waals surface area (Å²) >= 11 is 0. The van der Waals surface area contributed by atoms with Crippen LogP contribution in [0, 0.1) is 16.0 Å². The van der Waals surface area contributed by atoms with E-state index in [0.29, 0.717) is 13.2 Å². The van der Waals surface area contributed by atoms with Crippen LogP contribution in [0.25, 0.3) is 0 Å². The summed E-state index contributed by atoms with van der Waals surface area (Å²) in [6, 6.07) is 4.06. The topological polar surface area (TPSA) is 102 Å². The first-order chi connectivity index (χ1) is 9.88. The Morgan fingerprint density at radius 1 is 1.48 bits per heavy atom. The lowest BCUT2D eigenvalue weighted by Gasteiger charge is -2.23. The van der Waals surface area contributed by atoms with Crippen LogP contribution in [0.2, 0.25) is 0 Å². The van der Waals surface area contributed by atoms with Gasteiger partial charge in [-0.15, -0.1) is 0 Å². The summed E-state index contributed by atoms with van der Waals surface area (Å²) in [7, 11) is 0. The van der Waals surface area contributed by atoms with Crippen LogP contribution in [-0.2, 0) is 4.74 Å². The molecule has 1 rings (SSSR count). The highest BCUT2D eigenvalue weighted by Gasteiger charge is 2.26. The molecule has 0 aliphatic carbocycles. The third-order valence-corrected chi connectivity index (χ3v) is 3.10. The van der Waals surface area contributed by atoms with Crippen LogP contribution in [0.1, 0.15) is 31.1 Å². The van der Waals surface area contributed by atoms with E-state index in [-0.39, 0.29) is 23.2 Å². The van der Waals surface area contributed by atoms with Gasteiger partial charge in [-0.05, 0) is 25.0 Å². The Labute approximate surface area is 123 Å². The molecule has 1 atom stereocenters. The monoisotopic (exact) mass is 296 g/mol. The predicted octanol–water partition coefficient (Wildman–Crippen LogP) is 2.77. The quantitative estimate of drug-likeness (QED) is 0.565. The van der Waals surface area contributed by atoms with Gasteiger partial charge in [0.2, 0.25) is 0 Å². The van der Waals surface area contributed by atoms with E-state index in [2.05, 4.69) is 5.32 Å². The fraction of sp³-hybridized carbons (Fsp3) is 0.500. The van der Waals surface area contributed by atoms with Gasteiger partial charge in [-0.25, -0.2) is 4.79 Å². The van der Waals surface area contributed by atoms with Gasteiger partial charge in [-0.3, -0.25) is 10.1 Å². The van der Waals surface area contributed by atoms with Gasteiger partial charge in [0.1, 0.15) is 11.3 Å². The van der Waals surface area contributed by atoms with Crippen LogP contribution >= 0.6 is 0 Å². The standard InChI is InChI=1S/C14H20N2O5/c1-4-21-8-12(9(2)3)15-11-7-5-6-10(14(17)18)13(11)16(19)20/h5-7,9,12,15H,4,8H2,1-3H3,(H,17,18). The van der Waals surface area contributed by atoms with E-state index in [0.717, 1.165) is 0 Å². The van der Waals surface area contributed by atoms with E-state index in [1.165, 1.54) is 18.2 Å². The summed E-state index contributed by atoms with van der Waals surface area (Å²) in [5, 5.41) is 23.3. The molecule has 0 spiro atoms. The number of hydrogen-bond acceptors (Lipinski definition) is 5. The largest absolute Gasteiger partial charge is 0.477 e. The average Bonchev–Trinajstić information content (AvgIpc) is 2.42. The number of ether oxygens (including phenoxy) is 1.